The predicted molar refractivity (Wildman–Crippen MR) is 89.3 cm³/mol. The Hall–Kier alpha value is -2.93. The number of ether oxygens (including phenoxy) is 1. The normalized spacial score (nSPS) is 22.6. The third-order valence-corrected chi connectivity index (χ3v) is 4.82. The van der Waals surface area contributed by atoms with Crippen LogP contribution in [-0.4, -0.2) is 53.7 Å². The second kappa shape index (κ2) is 5.56. The summed E-state index contributed by atoms with van der Waals surface area (Å²) in [6.07, 6.45) is -0.445. The molecular weight excluding hydrogens is 324 g/mol. The van der Waals surface area contributed by atoms with Gasteiger partial charge in [0, 0.05) is 11.9 Å². The van der Waals surface area contributed by atoms with Gasteiger partial charge in [0.05, 0.1) is 24.5 Å². The van der Waals surface area contributed by atoms with Crippen LogP contribution in [0, 0.1) is 0 Å². The van der Waals surface area contributed by atoms with E-state index >= 15 is 0 Å². The number of aliphatic hydroxyl groups excluding tert-OH is 1. The summed E-state index contributed by atoms with van der Waals surface area (Å²) in [4.78, 5) is 39.9. The van der Waals surface area contributed by atoms with Crippen LogP contribution in [0.1, 0.15) is 16.8 Å². The smallest absolute Gasteiger partial charge is 0.338 e. The van der Waals surface area contributed by atoms with Crippen molar-refractivity contribution in [2.75, 3.05) is 18.6 Å². The first kappa shape index (κ1) is 15.6. The van der Waals surface area contributed by atoms with Crippen LogP contribution >= 0.6 is 0 Å². The van der Waals surface area contributed by atoms with E-state index < -0.39 is 30.1 Å². The van der Waals surface area contributed by atoms with Crippen LogP contribution in [0.25, 0.3) is 10.8 Å². The molecule has 0 aromatic heterocycles. The molecule has 0 aliphatic carbocycles. The van der Waals surface area contributed by atoms with Crippen LogP contribution < -0.4 is 4.90 Å². The van der Waals surface area contributed by atoms with Crippen molar-refractivity contribution in [3.05, 3.63) is 42.0 Å². The minimum absolute atomic E-state index is 0.352. The Morgan fingerprint density at radius 2 is 1.88 bits per heavy atom. The predicted octanol–water partition coefficient (Wildman–Crippen LogP) is 1.53. The highest BCUT2D eigenvalue weighted by molar-refractivity contribution is 6.25. The molecular formula is C18H16N2O5. The monoisotopic (exact) mass is 340 g/mol. The van der Waals surface area contributed by atoms with E-state index in [1.807, 2.05) is 0 Å². The van der Waals surface area contributed by atoms with E-state index in [0.717, 1.165) is 4.90 Å². The fourth-order valence-electron chi connectivity index (χ4n) is 3.63. The van der Waals surface area contributed by atoms with E-state index in [2.05, 4.69) is 0 Å². The molecule has 0 bridgehead atoms. The first-order chi connectivity index (χ1) is 12.0. The number of carbonyl (C=O) groups is 3. The summed E-state index contributed by atoms with van der Waals surface area (Å²) in [6.45, 7) is 0.352. The number of fused-ring (bicyclic) bond motifs is 2. The standard InChI is InChI=1S/C18H16N2O5/c1-25-17(23)12-6-7-13(11-5-3-2-4-10(11)12)20-16(22)15-14(21)8-9-19(15)18(20)24/h2-7,14-15,21H,8-9H2,1H3. The minimum atomic E-state index is -0.845. The van der Waals surface area contributed by atoms with Gasteiger partial charge in [0.25, 0.3) is 5.91 Å². The molecule has 3 amide bonds. The van der Waals surface area contributed by atoms with Gasteiger partial charge < -0.3 is 14.7 Å². The van der Waals surface area contributed by atoms with Crippen molar-refractivity contribution in [1.82, 2.24) is 4.90 Å². The molecule has 25 heavy (non-hydrogen) atoms. The Morgan fingerprint density at radius 3 is 2.56 bits per heavy atom. The van der Waals surface area contributed by atoms with E-state index in [4.69, 9.17) is 4.74 Å². The zero-order chi connectivity index (χ0) is 17.7. The fraction of sp³-hybridized carbons (Fsp3) is 0.278. The molecule has 2 aromatic rings. The number of anilines is 1. The van der Waals surface area contributed by atoms with Crippen molar-refractivity contribution in [2.24, 2.45) is 0 Å². The Kier molecular flexibility index (Phi) is 3.47. The number of rotatable bonds is 2. The zero-order valence-electron chi connectivity index (χ0n) is 13.5. The topological polar surface area (TPSA) is 87.2 Å². The molecule has 2 heterocycles. The van der Waals surface area contributed by atoms with E-state index in [1.165, 1.54) is 12.0 Å². The maximum Gasteiger partial charge on any atom is 0.338 e. The summed E-state index contributed by atoms with van der Waals surface area (Å²) in [7, 11) is 1.30. The number of aliphatic hydroxyl groups is 1. The van der Waals surface area contributed by atoms with Crippen molar-refractivity contribution >= 4 is 34.4 Å². The number of benzene rings is 2. The van der Waals surface area contributed by atoms with Crippen molar-refractivity contribution in [3.8, 4) is 0 Å². The first-order valence-electron chi connectivity index (χ1n) is 7.97. The van der Waals surface area contributed by atoms with Gasteiger partial charge in [0.15, 0.2) is 0 Å². The van der Waals surface area contributed by atoms with Gasteiger partial charge in [-0.05, 0) is 23.9 Å². The summed E-state index contributed by atoms with van der Waals surface area (Å²) >= 11 is 0. The number of imide groups is 1. The van der Waals surface area contributed by atoms with Crippen LogP contribution in [0.5, 0.6) is 0 Å². The number of hydrogen-bond donors (Lipinski definition) is 1. The fourth-order valence-corrected chi connectivity index (χ4v) is 3.63. The summed E-state index contributed by atoms with van der Waals surface area (Å²) in [5, 5.41) is 11.2. The van der Waals surface area contributed by atoms with Crippen LogP contribution in [0.3, 0.4) is 0 Å². The van der Waals surface area contributed by atoms with Gasteiger partial charge in [-0.25, -0.2) is 14.5 Å². The van der Waals surface area contributed by atoms with Gasteiger partial charge in [-0.1, -0.05) is 24.3 Å². The summed E-state index contributed by atoms with van der Waals surface area (Å²) in [5.41, 5.74) is 0.765. The van der Waals surface area contributed by atoms with Crippen LogP contribution in [0.2, 0.25) is 0 Å². The van der Waals surface area contributed by atoms with Gasteiger partial charge in [-0.3, -0.25) is 4.79 Å². The summed E-state index contributed by atoms with van der Waals surface area (Å²) < 4.78 is 4.80. The van der Waals surface area contributed by atoms with Gasteiger partial charge >= 0.3 is 12.0 Å². The van der Waals surface area contributed by atoms with Gasteiger partial charge in [-0.2, -0.15) is 0 Å². The van der Waals surface area contributed by atoms with E-state index in [0.29, 0.717) is 35.0 Å². The molecule has 0 saturated carbocycles. The molecule has 0 spiro atoms. The quantitative estimate of drug-likeness (QED) is 0.662. The van der Waals surface area contributed by atoms with Crippen molar-refractivity contribution in [3.63, 3.8) is 0 Å². The van der Waals surface area contributed by atoms with Gasteiger partial charge in [-0.15, -0.1) is 0 Å². The number of esters is 1. The Bertz CT molecular complexity index is 909. The Balaban J connectivity index is 1.87. The second-order valence-corrected chi connectivity index (χ2v) is 6.12. The number of amides is 3. The van der Waals surface area contributed by atoms with Crippen molar-refractivity contribution in [2.45, 2.75) is 18.6 Å². The van der Waals surface area contributed by atoms with Crippen LogP contribution in [-0.2, 0) is 9.53 Å². The Morgan fingerprint density at radius 1 is 1.16 bits per heavy atom. The summed E-state index contributed by atoms with van der Waals surface area (Å²) in [6, 6.07) is 8.88. The number of carbonyl (C=O) groups excluding carboxylic acids is 3. The lowest BCUT2D eigenvalue weighted by Gasteiger charge is -2.18. The number of urea groups is 1. The highest BCUT2D eigenvalue weighted by Crippen LogP contribution is 2.36. The molecule has 7 heteroatoms. The molecule has 2 unspecified atom stereocenters. The Labute approximate surface area is 143 Å². The summed E-state index contributed by atoms with van der Waals surface area (Å²) in [5.74, 6) is -0.927. The molecule has 128 valence electrons. The molecule has 1 N–H and O–H groups in total. The van der Waals surface area contributed by atoms with Crippen LogP contribution in [0.15, 0.2) is 36.4 Å². The molecule has 2 fully saturated rings. The van der Waals surface area contributed by atoms with E-state index in [9.17, 15) is 19.5 Å². The lowest BCUT2D eigenvalue weighted by molar-refractivity contribution is -0.121. The van der Waals surface area contributed by atoms with Gasteiger partial charge in [0.1, 0.15) is 6.04 Å². The highest BCUT2D eigenvalue weighted by Gasteiger charge is 2.52. The van der Waals surface area contributed by atoms with E-state index in [1.54, 1.807) is 36.4 Å². The average molecular weight is 340 g/mol. The molecule has 2 aromatic carbocycles. The highest BCUT2D eigenvalue weighted by atomic mass is 16.5. The minimum Gasteiger partial charge on any atom is -0.465 e. The maximum atomic E-state index is 12.7. The molecule has 2 atom stereocenters. The molecule has 7 nitrogen and oxygen atoms in total. The lowest BCUT2D eigenvalue weighted by atomic mass is 10.0. The largest absolute Gasteiger partial charge is 0.465 e. The molecule has 2 aliphatic heterocycles. The number of methoxy groups -OCH3 is 1. The third kappa shape index (κ3) is 2.12. The number of nitrogens with zero attached hydrogens (tertiary/aromatic N) is 2. The first-order valence-corrected chi connectivity index (χ1v) is 7.97. The van der Waals surface area contributed by atoms with Crippen LogP contribution in [0.4, 0.5) is 10.5 Å². The van der Waals surface area contributed by atoms with Crippen molar-refractivity contribution < 1.29 is 24.2 Å². The van der Waals surface area contributed by atoms with E-state index in [-0.39, 0.29) is 0 Å². The molecule has 4 rings (SSSR count). The second-order valence-electron chi connectivity index (χ2n) is 6.12. The third-order valence-electron chi connectivity index (χ3n) is 4.82. The lowest BCUT2D eigenvalue weighted by Crippen LogP contribution is -2.36. The van der Waals surface area contributed by atoms with Gasteiger partial charge in [0.2, 0.25) is 0 Å². The maximum absolute atomic E-state index is 12.7. The zero-order valence-corrected chi connectivity index (χ0v) is 13.5. The number of hydrogen-bond acceptors (Lipinski definition) is 5. The average Bonchev–Trinajstić information content (AvgIpc) is 3.13. The van der Waals surface area contributed by atoms with Crippen molar-refractivity contribution in [1.29, 1.82) is 0 Å². The molecule has 2 saturated heterocycles. The SMILES string of the molecule is COC(=O)c1ccc(N2C(=O)C3C(O)CCN3C2=O)c2ccccc12. The molecule has 2 aliphatic rings. The molecule has 0 radical (unpaired) electrons.